The molecule has 1 atom stereocenters. The van der Waals surface area contributed by atoms with Gasteiger partial charge in [0.25, 0.3) is 5.91 Å². The SMILES string of the molecule is CCN(C[C@@H](C)C#N)C(=O)c1ccc(Cl)c2cccnc12. The van der Waals surface area contributed by atoms with Crippen LogP contribution in [0.1, 0.15) is 24.2 Å². The molecule has 0 saturated carbocycles. The molecule has 0 aliphatic rings. The van der Waals surface area contributed by atoms with Crippen molar-refractivity contribution >= 4 is 28.4 Å². The van der Waals surface area contributed by atoms with E-state index in [-0.39, 0.29) is 11.8 Å². The van der Waals surface area contributed by atoms with Gasteiger partial charge in [0, 0.05) is 24.7 Å². The summed E-state index contributed by atoms with van der Waals surface area (Å²) in [4.78, 5) is 18.6. The van der Waals surface area contributed by atoms with Gasteiger partial charge in [-0.05, 0) is 38.1 Å². The number of carbonyl (C=O) groups excluding carboxylic acids is 1. The molecule has 4 nitrogen and oxygen atoms in total. The van der Waals surface area contributed by atoms with Gasteiger partial charge in [-0.15, -0.1) is 0 Å². The maximum Gasteiger partial charge on any atom is 0.256 e. The summed E-state index contributed by atoms with van der Waals surface area (Å²) in [5, 5.41) is 10.3. The van der Waals surface area contributed by atoms with Crippen LogP contribution in [0.3, 0.4) is 0 Å². The highest BCUT2D eigenvalue weighted by molar-refractivity contribution is 6.36. The molecule has 1 aromatic carbocycles. The van der Waals surface area contributed by atoms with Crippen LogP contribution in [0.15, 0.2) is 30.5 Å². The van der Waals surface area contributed by atoms with Crippen molar-refractivity contribution in [1.82, 2.24) is 9.88 Å². The van der Waals surface area contributed by atoms with Crippen molar-refractivity contribution in [2.24, 2.45) is 5.92 Å². The lowest BCUT2D eigenvalue weighted by Gasteiger charge is -2.22. The average Bonchev–Trinajstić information content (AvgIpc) is 2.52. The molecule has 0 fully saturated rings. The number of aromatic nitrogens is 1. The van der Waals surface area contributed by atoms with Crippen molar-refractivity contribution in [3.05, 3.63) is 41.0 Å². The summed E-state index contributed by atoms with van der Waals surface area (Å²) in [5.41, 5.74) is 1.11. The Balaban J connectivity index is 2.44. The maximum atomic E-state index is 12.7. The van der Waals surface area contributed by atoms with Gasteiger partial charge < -0.3 is 4.90 Å². The number of nitriles is 1. The van der Waals surface area contributed by atoms with Gasteiger partial charge in [0.2, 0.25) is 0 Å². The number of amides is 1. The van der Waals surface area contributed by atoms with Gasteiger partial charge in [-0.2, -0.15) is 5.26 Å². The number of halogens is 1. The zero-order chi connectivity index (χ0) is 15.4. The van der Waals surface area contributed by atoms with Crippen molar-refractivity contribution in [2.75, 3.05) is 13.1 Å². The molecule has 0 aliphatic carbocycles. The van der Waals surface area contributed by atoms with Gasteiger partial charge >= 0.3 is 0 Å². The first-order valence-corrected chi connectivity index (χ1v) is 7.18. The first-order valence-electron chi connectivity index (χ1n) is 6.80. The minimum Gasteiger partial charge on any atom is -0.338 e. The molecule has 2 rings (SSSR count). The molecule has 5 heteroatoms. The van der Waals surface area contributed by atoms with Crippen LogP contribution < -0.4 is 0 Å². The fraction of sp³-hybridized carbons (Fsp3) is 0.312. The maximum absolute atomic E-state index is 12.7. The molecule has 0 N–H and O–H groups in total. The minimum atomic E-state index is -0.208. The minimum absolute atomic E-state index is 0.125. The van der Waals surface area contributed by atoms with E-state index in [1.807, 2.05) is 13.0 Å². The highest BCUT2D eigenvalue weighted by Gasteiger charge is 2.20. The smallest absolute Gasteiger partial charge is 0.256 e. The third kappa shape index (κ3) is 3.14. The Hall–Kier alpha value is -2.12. The Bertz CT molecular complexity index is 708. The van der Waals surface area contributed by atoms with E-state index in [1.54, 1.807) is 36.2 Å². The monoisotopic (exact) mass is 301 g/mol. The first-order chi connectivity index (χ1) is 10.1. The second-order valence-corrected chi connectivity index (χ2v) is 5.28. The van der Waals surface area contributed by atoms with E-state index in [2.05, 4.69) is 11.1 Å². The number of carbonyl (C=O) groups is 1. The summed E-state index contributed by atoms with van der Waals surface area (Å²) in [5.74, 6) is -0.333. The van der Waals surface area contributed by atoms with Gasteiger partial charge in [0.1, 0.15) is 0 Å². The van der Waals surface area contributed by atoms with E-state index in [4.69, 9.17) is 16.9 Å². The van der Waals surface area contributed by atoms with Crippen LogP contribution in [-0.2, 0) is 0 Å². The largest absolute Gasteiger partial charge is 0.338 e. The number of nitrogens with zero attached hydrogens (tertiary/aromatic N) is 3. The first kappa shape index (κ1) is 15.3. The van der Waals surface area contributed by atoms with Crippen LogP contribution in [0.5, 0.6) is 0 Å². The van der Waals surface area contributed by atoms with E-state index in [0.717, 1.165) is 5.39 Å². The lowest BCUT2D eigenvalue weighted by Crippen LogP contribution is -2.34. The second kappa shape index (κ2) is 6.55. The fourth-order valence-electron chi connectivity index (χ4n) is 2.21. The fourth-order valence-corrected chi connectivity index (χ4v) is 2.42. The van der Waals surface area contributed by atoms with Crippen molar-refractivity contribution in [3.63, 3.8) is 0 Å². The Morgan fingerprint density at radius 3 is 2.90 bits per heavy atom. The van der Waals surface area contributed by atoms with Crippen LogP contribution in [-0.4, -0.2) is 28.9 Å². The summed E-state index contributed by atoms with van der Waals surface area (Å²) < 4.78 is 0. The third-order valence-electron chi connectivity index (χ3n) is 3.33. The van der Waals surface area contributed by atoms with E-state index in [1.165, 1.54) is 0 Å². The Morgan fingerprint density at radius 2 is 2.24 bits per heavy atom. The van der Waals surface area contributed by atoms with Gasteiger partial charge in [-0.25, -0.2) is 0 Å². The summed E-state index contributed by atoms with van der Waals surface area (Å²) in [6, 6.07) is 9.19. The summed E-state index contributed by atoms with van der Waals surface area (Å²) >= 11 is 6.15. The molecule has 2 aromatic rings. The summed E-state index contributed by atoms with van der Waals surface area (Å²) in [7, 11) is 0. The van der Waals surface area contributed by atoms with Crippen LogP contribution in [0.4, 0.5) is 0 Å². The molecule has 1 amide bonds. The summed E-state index contributed by atoms with van der Waals surface area (Å²) in [6.07, 6.45) is 1.64. The number of pyridine rings is 1. The molecule has 0 aliphatic heterocycles. The predicted octanol–water partition coefficient (Wildman–Crippen LogP) is 3.51. The quantitative estimate of drug-likeness (QED) is 0.868. The molecule has 0 unspecified atom stereocenters. The lowest BCUT2D eigenvalue weighted by molar-refractivity contribution is 0.0754. The average molecular weight is 302 g/mol. The second-order valence-electron chi connectivity index (χ2n) is 4.87. The number of hydrogen-bond acceptors (Lipinski definition) is 3. The van der Waals surface area contributed by atoms with E-state index in [9.17, 15) is 4.79 Å². The predicted molar refractivity (Wildman–Crippen MR) is 83.1 cm³/mol. The standard InChI is InChI=1S/C16H16ClN3O/c1-3-20(10-11(2)9-18)16(21)13-6-7-14(17)12-5-4-8-19-15(12)13/h4-8,11H,3,10H2,1-2H3/t11-/m0/s1. The van der Waals surface area contributed by atoms with Gasteiger partial charge in [0.15, 0.2) is 0 Å². The summed E-state index contributed by atoms with van der Waals surface area (Å²) in [6.45, 7) is 4.65. The number of rotatable bonds is 4. The van der Waals surface area contributed by atoms with Gasteiger partial charge in [-0.1, -0.05) is 11.6 Å². The third-order valence-corrected chi connectivity index (χ3v) is 3.66. The zero-order valence-electron chi connectivity index (χ0n) is 12.0. The van der Waals surface area contributed by atoms with Crippen molar-refractivity contribution < 1.29 is 4.79 Å². The molecule has 21 heavy (non-hydrogen) atoms. The normalized spacial score (nSPS) is 11.9. The van der Waals surface area contributed by atoms with Crippen LogP contribution in [0.2, 0.25) is 5.02 Å². The van der Waals surface area contributed by atoms with E-state index in [0.29, 0.717) is 29.2 Å². The Morgan fingerprint density at radius 1 is 1.48 bits per heavy atom. The molecule has 0 bridgehead atoms. The molecule has 108 valence electrons. The molecule has 1 aromatic heterocycles. The number of benzene rings is 1. The van der Waals surface area contributed by atoms with Crippen LogP contribution >= 0.6 is 11.6 Å². The lowest BCUT2D eigenvalue weighted by atomic mass is 10.1. The van der Waals surface area contributed by atoms with E-state index >= 15 is 0 Å². The topological polar surface area (TPSA) is 57.0 Å². The van der Waals surface area contributed by atoms with Crippen LogP contribution in [0.25, 0.3) is 10.9 Å². The molecule has 1 heterocycles. The van der Waals surface area contributed by atoms with Crippen molar-refractivity contribution in [3.8, 4) is 6.07 Å². The Kier molecular flexibility index (Phi) is 4.77. The highest BCUT2D eigenvalue weighted by atomic mass is 35.5. The zero-order valence-corrected chi connectivity index (χ0v) is 12.8. The molecule has 0 spiro atoms. The molecule has 0 radical (unpaired) electrons. The molecular weight excluding hydrogens is 286 g/mol. The number of hydrogen-bond donors (Lipinski definition) is 0. The number of fused-ring (bicyclic) bond motifs is 1. The van der Waals surface area contributed by atoms with E-state index < -0.39 is 0 Å². The Labute approximate surface area is 129 Å². The van der Waals surface area contributed by atoms with Gasteiger partial charge in [-0.3, -0.25) is 9.78 Å². The highest BCUT2D eigenvalue weighted by Crippen LogP contribution is 2.25. The van der Waals surface area contributed by atoms with Gasteiger partial charge in [0.05, 0.1) is 28.1 Å². The van der Waals surface area contributed by atoms with Crippen LogP contribution in [0, 0.1) is 17.2 Å². The van der Waals surface area contributed by atoms with Crippen molar-refractivity contribution in [1.29, 1.82) is 5.26 Å². The molecule has 0 saturated heterocycles. The molecular formula is C16H16ClN3O. The van der Waals surface area contributed by atoms with Crippen molar-refractivity contribution in [2.45, 2.75) is 13.8 Å².